The summed E-state index contributed by atoms with van der Waals surface area (Å²) in [5.41, 5.74) is -0.0361. The van der Waals surface area contributed by atoms with E-state index in [1.165, 1.54) is 4.31 Å². The molecule has 0 aliphatic carbocycles. The van der Waals surface area contributed by atoms with E-state index in [1.54, 1.807) is 7.05 Å². The smallest absolute Gasteiger partial charge is 0.214 e. The SMILES string of the molecule is CCNCCCCS(=O)(=O)N(C)C(C)C(C)(C)C. The van der Waals surface area contributed by atoms with Crippen LogP contribution in [0.15, 0.2) is 0 Å². The molecule has 1 N–H and O–H groups in total. The Balaban J connectivity index is 4.28. The molecule has 1 unspecified atom stereocenters. The highest BCUT2D eigenvalue weighted by molar-refractivity contribution is 7.89. The van der Waals surface area contributed by atoms with Gasteiger partial charge in [0.25, 0.3) is 0 Å². The molecule has 0 heterocycles. The molecule has 0 saturated carbocycles. The number of nitrogens with zero attached hydrogens (tertiary/aromatic N) is 1. The summed E-state index contributed by atoms with van der Waals surface area (Å²) in [5.74, 6) is 0.245. The molecule has 1 atom stereocenters. The third kappa shape index (κ3) is 6.16. The lowest BCUT2D eigenvalue weighted by atomic mass is 9.88. The highest BCUT2D eigenvalue weighted by Crippen LogP contribution is 2.25. The zero-order valence-corrected chi connectivity index (χ0v) is 13.6. The first-order valence-electron chi connectivity index (χ1n) is 6.79. The normalized spacial score (nSPS) is 15.1. The molecule has 4 nitrogen and oxygen atoms in total. The quantitative estimate of drug-likeness (QED) is 0.692. The lowest BCUT2D eigenvalue weighted by Gasteiger charge is -2.34. The van der Waals surface area contributed by atoms with Crippen LogP contribution in [0, 0.1) is 5.41 Å². The van der Waals surface area contributed by atoms with Crippen molar-refractivity contribution < 1.29 is 8.42 Å². The van der Waals surface area contributed by atoms with Gasteiger partial charge in [-0.25, -0.2) is 12.7 Å². The van der Waals surface area contributed by atoms with Crippen LogP contribution in [0.5, 0.6) is 0 Å². The Kier molecular flexibility index (Phi) is 7.40. The van der Waals surface area contributed by atoms with Crippen molar-refractivity contribution >= 4 is 10.0 Å². The highest BCUT2D eigenvalue weighted by Gasteiger charge is 2.30. The van der Waals surface area contributed by atoms with Crippen LogP contribution in [0.2, 0.25) is 0 Å². The Morgan fingerprint density at radius 3 is 2.22 bits per heavy atom. The molecular weight excluding hydrogens is 248 g/mol. The summed E-state index contributed by atoms with van der Waals surface area (Å²) in [4.78, 5) is 0. The van der Waals surface area contributed by atoms with Crippen LogP contribution >= 0.6 is 0 Å². The van der Waals surface area contributed by atoms with Crippen molar-refractivity contribution in [1.82, 2.24) is 9.62 Å². The largest absolute Gasteiger partial charge is 0.317 e. The van der Waals surface area contributed by atoms with Crippen LogP contribution in [0.25, 0.3) is 0 Å². The van der Waals surface area contributed by atoms with E-state index in [0.717, 1.165) is 25.9 Å². The second kappa shape index (κ2) is 7.46. The summed E-state index contributed by atoms with van der Waals surface area (Å²) in [7, 11) is -1.43. The minimum absolute atomic E-state index is 0.0104. The predicted molar refractivity (Wildman–Crippen MR) is 78.2 cm³/mol. The maximum absolute atomic E-state index is 12.2. The number of sulfonamides is 1. The number of unbranched alkanes of at least 4 members (excludes halogenated alkanes) is 1. The Bertz CT molecular complexity index is 320. The molecule has 0 aromatic rings. The highest BCUT2D eigenvalue weighted by atomic mass is 32.2. The molecule has 0 aromatic heterocycles. The van der Waals surface area contributed by atoms with Crippen molar-refractivity contribution in [2.24, 2.45) is 5.41 Å². The van der Waals surface area contributed by atoms with Gasteiger partial charge in [0.15, 0.2) is 0 Å². The first kappa shape index (κ1) is 17.9. The van der Waals surface area contributed by atoms with Gasteiger partial charge in [-0.2, -0.15) is 0 Å². The van der Waals surface area contributed by atoms with Crippen LogP contribution in [-0.4, -0.2) is 44.7 Å². The summed E-state index contributed by atoms with van der Waals surface area (Å²) in [6.45, 7) is 12.0. The lowest BCUT2D eigenvalue weighted by molar-refractivity contribution is 0.216. The summed E-state index contributed by atoms with van der Waals surface area (Å²) in [6.07, 6.45) is 1.63. The monoisotopic (exact) mass is 278 g/mol. The Morgan fingerprint density at radius 1 is 1.22 bits per heavy atom. The van der Waals surface area contributed by atoms with Gasteiger partial charge >= 0.3 is 0 Å². The van der Waals surface area contributed by atoms with Crippen LogP contribution in [0.3, 0.4) is 0 Å². The minimum atomic E-state index is -3.12. The topological polar surface area (TPSA) is 49.4 Å². The maximum Gasteiger partial charge on any atom is 0.214 e. The van der Waals surface area contributed by atoms with Gasteiger partial charge in [-0.1, -0.05) is 27.7 Å². The van der Waals surface area contributed by atoms with Gasteiger partial charge in [-0.05, 0) is 38.3 Å². The zero-order chi connectivity index (χ0) is 14.4. The lowest BCUT2D eigenvalue weighted by Crippen LogP contribution is -2.43. The molecule has 0 aliphatic rings. The maximum atomic E-state index is 12.2. The van der Waals surface area contributed by atoms with E-state index in [1.807, 2.05) is 6.92 Å². The second-order valence-electron chi connectivity index (χ2n) is 5.93. The summed E-state index contributed by atoms with van der Waals surface area (Å²) in [5, 5.41) is 3.20. The van der Waals surface area contributed by atoms with Crippen LogP contribution in [0.4, 0.5) is 0 Å². The molecule has 0 saturated heterocycles. The molecule has 0 aromatic carbocycles. The Hall–Kier alpha value is -0.130. The van der Waals surface area contributed by atoms with Crippen LogP contribution in [0.1, 0.15) is 47.5 Å². The van der Waals surface area contributed by atoms with Gasteiger partial charge in [0.1, 0.15) is 0 Å². The van der Waals surface area contributed by atoms with Crippen molar-refractivity contribution in [3.8, 4) is 0 Å². The zero-order valence-electron chi connectivity index (χ0n) is 12.8. The number of nitrogens with one attached hydrogen (secondary N) is 1. The van der Waals surface area contributed by atoms with Crippen molar-refractivity contribution in [2.45, 2.75) is 53.5 Å². The van der Waals surface area contributed by atoms with Gasteiger partial charge in [0, 0.05) is 13.1 Å². The van der Waals surface area contributed by atoms with E-state index in [0.29, 0.717) is 0 Å². The van der Waals surface area contributed by atoms with Gasteiger partial charge < -0.3 is 5.32 Å². The first-order valence-corrected chi connectivity index (χ1v) is 8.40. The van der Waals surface area contributed by atoms with E-state index in [9.17, 15) is 8.42 Å². The van der Waals surface area contributed by atoms with Crippen molar-refractivity contribution in [1.29, 1.82) is 0 Å². The van der Waals surface area contributed by atoms with Gasteiger partial charge in [0.2, 0.25) is 10.0 Å². The fourth-order valence-corrected chi connectivity index (χ4v) is 3.30. The molecule has 0 aliphatic heterocycles. The summed E-state index contributed by atoms with van der Waals surface area (Å²) >= 11 is 0. The van der Waals surface area contributed by atoms with E-state index in [4.69, 9.17) is 0 Å². The molecule has 0 rings (SSSR count). The van der Waals surface area contributed by atoms with Crippen molar-refractivity contribution in [2.75, 3.05) is 25.9 Å². The fourth-order valence-electron chi connectivity index (χ4n) is 1.64. The average Bonchev–Trinajstić information content (AvgIpc) is 2.25. The van der Waals surface area contributed by atoms with E-state index < -0.39 is 10.0 Å². The number of hydrogen-bond donors (Lipinski definition) is 1. The molecule has 0 amide bonds. The molecule has 0 radical (unpaired) electrons. The minimum Gasteiger partial charge on any atom is -0.317 e. The van der Waals surface area contributed by atoms with Crippen molar-refractivity contribution in [3.63, 3.8) is 0 Å². The molecule has 110 valence electrons. The Labute approximate surface area is 113 Å². The molecule has 18 heavy (non-hydrogen) atoms. The van der Waals surface area contributed by atoms with Gasteiger partial charge in [-0.3, -0.25) is 0 Å². The van der Waals surface area contributed by atoms with E-state index in [2.05, 4.69) is 33.0 Å². The summed E-state index contributed by atoms with van der Waals surface area (Å²) in [6, 6.07) is 0.0104. The van der Waals surface area contributed by atoms with Crippen LogP contribution in [-0.2, 0) is 10.0 Å². The molecule has 0 fully saturated rings. The van der Waals surface area contributed by atoms with E-state index >= 15 is 0 Å². The molecular formula is C13H30N2O2S. The third-order valence-corrected chi connectivity index (χ3v) is 5.49. The first-order chi connectivity index (χ1) is 8.13. The van der Waals surface area contributed by atoms with E-state index in [-0.39, 0.29) is 17.2 Å². The average molecular weight is 278 g/mol. The predicted octanol–water partition coefficient (Wildman–Crippen LogP) is 2.07. The number of rotatable bonds is 8. The number of hydrogen-bond acceptors (Lipinski definition) is 3. The molecule has 0 spiro atoms. The summed E-state index contributed by atoms with van der Waals surface area (Å²) < 4.78 is 25.8. The fraction of sp³-hybridized carbons (Fsp3) is 1.00. The third-order valence-electron chi connectivity index (χ3n) is 3.49. The second-order valence-corrected chi connectivity index (χ2v) is 8.08. The van der Waals surface area contributed by atoms with Gasteiger partial charge in [-0.15, -0.1) is 0 Å². The van der Waals surface area contributed by atoms with Crippen LogP contribution < -0.4 is 5.32 Å². The Morgan fingerprint density at radius 2 is 1.78 bits per heavy atom. The van der Waals surface area contributed by atoms with Gasteiger partial charge in [0.05, 0.1) is 5.75 Å². The molecule has 0 bridgehead atoms. The van der Waals surface area contributed by atoms with Crippen molar-refractivity contribution in [3.05, 3.63) is 0 Å². The standard InChI is InChI=1S/C13H30N2O2S/c1-7-14-10-8-9-11-18(16,17)15(6)12(2)13(3,4)5/h12,14H,7-11H2,1-6H3. The molecule has 5 heteroatoms.